The van der Waals surface area contributed by atoms with Crippen LogP contribution in [0.3, 0.4) is 0 Å². The highest BCUT2D eigenvalue weighted by Crippen LogP contribution is 2.24. The lowest BCUT2D eigenvalue weighted by molar-refractivity contribution is -0.140. The lowest BCUT2D eigenvalue weighted by Gasteiger charge is -2.11. The monoisotopic (exact) mass is 314 g/mol. The van der Waals surface area contributed by atoms with Gasteiger partial charge in [0.1, 0.15) is 5.75 Å². The first kappa shape index (κ1) is 15.0. The van der Waals surface area contributed by atoms with Gasteiger partial charge >= 0.3 is 5.97 Å². The predicted octanol–water partition coefficient (Wildman–Crippen LogP) is 3.73. The van der Waals surface area contributed by atoms with E-state index in [1.165, 1.54) is 7.11 Å². The number of esters is 1. The summed E-state index contributed by atoms with van der Waals surface area (Å²) in [7, 11) is 1.40. The second-order valence-electron chi connectivity index (χ2n) is 4.03. The topological polar surface area (TPSA) is 35.5 Å². The van der Waals surface area contributed by atoms with Crippen LogP contribution in [0.15, 0.2) is 22.7 Å². The summed E-state index contributed by atoms with van der Waals surface area (Å²) in [4.78, 5) is 11.2. The van der Waals surface area contributed by atoms with Crippen LogP contribution < -0.4 is 4.74 Å². The van der Waals surface area contributed by atoms with Crippen molar-refractivity contribution in [2.45, 2.75) is 32.6 Å². The maximum Gasteiger partial charge on any atom is 0.305 e. The molecule has 0 atom stereocenters. The SMILES string of the molecule is CCCCOc1ccc(Br)cc1CCC(=O)OC. The third-order valence-corrected chi connectivity index (χ3v) is 3.10. The molecule has 0 aliphatic carbocycles. The van der Waals surface area contributed by atoms with Gasteiger partial charge in [-0.2, -0.15) is 0 Å². The first-order valence-electron chi connectivity index (χ1n) is 6.15. The average Bonchev–Trinajstić information content (AvgIpc) is 2.38. The Balaban J connectivity index is 2.67. The fourth-order valence-corrected chi connectivity index (χ4v) is 1.96. The smallest absolute Gasteiger partial charge is 0.305 e. The quantitative estimate of drug-likeness (QED) is 0.568. The normalized spacial score (nSPS) is 10.2. The summed E-state index contributed by atoms with van der Waals surface area (Å²) in [6.07, 6.45) is 3.14. The van der Waals surface area contributed by atoms with E-state index in [4.69, 9.17) is 4.74 Å². The first-order chi connectivity index (χ1) is 8.67. The minimum atomic E-state index is -0.200. The molecule has 3 nitrogen and oxygen atoms in total. The Hall–Kier alpha value is -1.03. The van der Waals surface area contributed by atoms with Gasteiger partial charge in [0.25, 0.3) is 0 Å². The molecular formula is C14H19BrO3. The van der Waals surface area contributed by atoms with Gasteiger partial charge in [-0.1, -0.05) is 29.3 Å². The number of aryl methyl sites for hydroxylation is 1. The van der Waals surface area contributed by atoms with E-state index in [1.54, 1.807) is 0 Å². The second kappa shape index (κ2) is 8.14. The number of benzene rings is 1. The number of methoxy groups -OCH3 is 1. The van der Waals surface area contributed by atoms with Gasteiger partial charge < -0.3 is 9.47 Å². The molecule has 4 heteroatoms. The van der Waals surface area contributed by atoms with E-state index < -0.39 is 0 Å². The van der Waals surface area contributed by atoms with Crippen molar-refractivity contribution in [1.82, 2.24) is 0 Å². The number of carbonyl (C=O) groups excluding carboxylic acids is 1. The van der Waals surface area contributed by atoms with Crippen molar-refractivity contribution >= 4 is 21.9 Å². The zero-order valence-corrected chi connectivity index (χ0v) is 12.5. The Labute approximate surface area is 117 Å². The molecule has 0 spiro atoms. The summed E-state index contributed by atoms with van der Waals surface area (Å²) in [6, 6.07) is 5.87. The van der Waals surface area contributed by atoms with Crippen LogP contribution in [0.5, 0.6) is 5.75 Å². The minimum absolute atomic E-state index is 0.200. The molecule has 1 aromatic rings. The molecule has 0 fully saturated rings. The Kier molecular flexibility index (Phi) is 6.80. The van der Waals surface area contributed by atoms with Gasteiger partial charge in [-0.15, -0.1) is 0 Å². The van der Waals surface area contributed by atoms with Gasteiger partial charge in [0.2, 0.25) is 0 Å². The van der Waals surface area contributed by atoms with Gasteiger partial charge in [0.15, 0.2) is 0 Å². The number of hydrogen-bond donors (Lipinski definition) is 0. The van der Waals surface area contributed by atoms with Crippen molar-refractivity contribution < 1.29 is 14.3 Å². The van der Waals surface area contributed by atoms with Crippen molar-refractivity contribution in [3.05, 3.63) is 28.2 Å². The van der Waals surface area contributed by atoms with Crippen LogP contribution in [0.4, 0.5) is 0 Å². The predicted molar refractivity (Wildman–Crippen MR) is 74.9 cm³/mol. The average molecular weight is 315 g/mol. The fraction of sp³-hybridized carbons (Fsp3) is 0.500. The molecule has 1 rings (SSSR count). The number of hydrogen-bond acceptors (Lipinski definition) is 3. The summed E-state index contributed by atoms with van der Waals surface area (Å²) in [5, 5.41) is 0. The minimum Gasteiger partial charge on any atom is -0.493 e. The third kappa shape index (κ3) is 5.08. The molecule has 0 saturated heterocycles. The lowest BCUT2D eigenvalue weighted by Crippen LogP contribution is -2.04. The second-order valence-corrected chi connectivity index (χ2v) is 4.95. The molecule has 0 unspecified atom stereocenters. The van der Waals surface area contributed by atoms with Crippen LogP contribution >= 0.6 is 15.9 Å². The highest BCUT2D eigenvalue weighted by Gasteiger charge is 2.08. The van der Waals surface area contributed by atoms with E-state index in [0.717, 1.165) is 28.6 Å². The maximum atomic E-state index is 11.2. The first-order valence-corrected chi connectivity index (χ1v) is 6.94. The van der Waals surface area contributed by atoms with E-state index in [0.29, 0.717) is 19.4 Å². The number of ether oxygens (including phenoxy) is 2. The van der Waals surface area contributed by atoms with Crippen molar-refractivity contribution in [2.24, 2.45) is 0 Å². The molecule has 100 valence electrons. The van der Waals surface area contributed by atoms with E-state index in [2.05, 4.69) is 27.6 Å². The molecule has 0 amide bonds. The van der Waals surface area contributed by atoms with Gasteiger partial charge in [0.05, 0.1) is 13.7 Å². The van der Waals surface area contributed by atoms with Crippen LogP contribution in [0.1, 0.15) is 31.7 Å². The number of unbranched alkanes of at least 4 members (excludes halogenated alkanes) is 1. The number of carbonyl (C=O) groups is 1. The van der Waals surface area contributed by atoms with Gasteiger partial charge in [0, 0.05) is 10.9 Å². The number of halogens is 1. The van der Waals surface area contributed by atoms with Gasteiger partial charge in [-0.25, -0.2) is 0 Å². The molecule has 0 aromatic heterocycles. The summed E-state index contributed by atoms with van der Waals surface area (Å²) in [5.74, 6) is 0.657. The summed E-state index contributed by atoms with van der Waals surface area (Å²) in [5.41, 5.74) is 1.03. The molecule has 0 saturated carbocycles. The largest absolute Gasteiger partial charge is 0.493 e. The molecule has 0 bridgehead atoms. The molecule has 18 heavy (non-hydrogen) atoms. The molecule has 0 N–H and O–H groups in total. The highest BCUT2D eigenvalue weighted by atomic mass is 79.9. The number of rotatable bonds is 7. The van der Waals surface area contributed by atoms with Crippen LogP contribution in [-0.2, 0) is 16.0 Å². The van der Waals surface area contributed by atoms with Crippen LogP contribution in [0.2, 0.25) is 0 Å². The van der Waals surface area contributed by atoms with Crippen molar-refractivity contribution in [3.8, 4) is 5.75 Å². The molecular weight excluding hydrogens is 296 g/mol. The van der Waals surface area contributed by atoms with Crippen molar-refractivity contribution in [1.29, 1.82) is 0 Å². The zero-order chi connectivity index (χ0) is 13.4. The highest BCUT2D eigenvalue weighted by molar-refractivity contribution is 9.10. The van der Waals surface area contributed by atoms with Crippen molar-refractivity contribution in [2.75, 3.05) is 13.7 Å². The van der Waals surface area contributed by atoms with Crippen LogP contribution in [0.25, 0.3) is 0 Å². The van der Waals surface area contributed by atoms with Gasteiger partial charge in [-0.05, 0) is 36.6 Å². The fourth-order valence-electron chi connectivity index (χ4n) is 1.55. The van der Waals surface area contributed by atoms with Crippen LogP contribution in [0, 0.1) is 0 Å². The summed E-state index contributed by atoms with van der Waals surface area (Å²) < 4.78 is 11.4. The maximum absolute atomic E-state index is 11.2. The Morgan fingerprint density at radius 2 is 2.17 bits per heavy atom. The summed E-state index contributed by atoms with van der Waals surface area (Å²) in [6.45, 7) is 2.84. The van der Waals surface area contributed by atoms with E-state index in [1.807, 2.05) is 18.2 Å². The van der Waals surface area contributed by atoms with E-state index >= 15 is 0 Å². The van der Waals surface area contributed by atoms with Gasteiger partial charge in [-0.3, -0.25) is 4.79 Å². The molecule has 0 heterocycles. The zero-order valence-electron chi connectivity index (χ0n) is 10.9. The van der Waals surface area contributed by atoms with E-state index in [-0.39, 0.29) is 5.97 Å². The lowest BCUT2D eigenvalue weighted by atomic mass is 10.1. The Morgan fingerprint density at radius 1 is 1.39 bits per heavy atom. The summed E-state index contributed by atoms with van der Waals surface area (Å²) >= 11 is 3.43. The molecule has 0 aliphatic rings. The Morgan fingerprint density at radius 3 is 2.83 bits per heavy atom. The van der Waals surface area contributed by atoms with E-state index in [9.17, 15) is 4.79 Å². The third-order valence-electron chi connectivity index (χ3n) is 2.60. The Bertz CT molecular complexity index is 391. The van der Waals surface area contributed by atoms with Crippen molar-refractivity contribution in [3.63, 3.8) is 0 Å². The van der Waals surface area contributed by atoms with Crippen LogP contribution in [-0.4, -0.2) is 19.7 Å². The molecule has 0 radical (unpaired) electrons. The molecule has 0 aliphatic heterocycles. The molecule has 1 aromatic carbocycles. The standard InChI is InChI=1S/C14H19BrO3/c1-3-4-9-18-13-7-6-12(15)10-11(13)5-8-14(16)17-2/h6-7,10H,3-5,8-9H2,1-2H3.